The van der Waals surface area contributed by atoms with Crippen LogP contribution in [0.5, 0.6) is 0 Å². The molecule has 2 aromatic rings. The van der Waals surface area contributed by atoms with Crippen LogP contribution in [0.3, 0.4) is 0 Å². The Labute approximate surface area is 188 Å². The molecule has 11 heteroatoms. The second-order valence-electron chi connectivity index (χ2n) is 6.97. The molecule has 33 heavy (non-hydrogen) atoms. The summed E-state index contributed by atoms with van der Waals surface area (Å²) in [4.78, 5) is 35.2. The number of carbonyl (C=O) groups excluding carboxylic acids is 3. The molecule has 0 radical (unpaired) electrons. The number of alkyl halides is 2. The van der Waals surface area contributed by atoms with Crippen LogP contribution in [0.15, 0.2) is 48.5 Å². The molecule has 4 amide bonds. The van der Waals surface area contributed by atoms with E-state index in [0.717, 1.165) is 14.0 Å². The second kappa shape index (κ2) is 11.0. The molecule has 0 aliphatic rings. The van der Waals surface area contributed by atoms with Crippen LogP contribution in [0.2, 0.25) is 0 Å². The van der Waals surface area contributed by atoms with Crippen molar-refractivity contribution in [1.29, 1.82) is 0 Å². The Kier molecular flexibility index (Phi) is 8.44. The summed E-state index contributed by atoms with van der Waals surface area (Å²) in [6, 6.07) is 9.96. The van der Waals surface area contributed by atoms with E-state index in [0.29, 0.717) is 16.8 Å². The zero-order valence-electron chi connectivity index (χ0n) is 17.7. The van der Waals surface area contributed by atoms with Crippen molar-refractivity contribution in [3.63, 3.8) is 0 Å². The molecule has 2 rings (SSSR count). The predicted octanol–water partition coefficient (Wildman–Crippen LogP) is 1.85. The Balaban J connectivity index is 2.14. The highest BCUT2D eigenvalue weighted by atomic mass is 19.3. The lowest BCUT2D eigenvalue weighted by molar-refractivity contribution is -0.157. The first kappa shape index (κ1) is 25.3. The van der Waals surface area contributed by atoms with Crippen molar-refractivity contribution in [2.45, 2.75) is 25.0 Å². The summed E-state index contributed by atoms with van der Waals surface area (Å²) in [6.45, 7) is 0.938. The van der Waals surface area contributed by atoms with Crippen LogP contribution in [-0.2, 0) is 9.53 Å². The van der Waals surface area contributed by atoms with Gasteiger partial charge in [0.15, 0.2) is 5.60 Å². The quantitative estimate of drug-likeness (QED) is 0.243. The van der Waals surface area contributed by atoms with Gasteiger partial charge in [-0.1, -0.05) is 11.8 Å². The normalized spacial score (nSPS) is 13.2. The molecule has 1 unspecified atom stereocenters. The number of benzene rings is 2. The SMILES string of the molecule is COC(C)(C(F)F)[C@H](NC(=O)c1ccc(C#Cc2ccc(NC(N)=O)cc2)cc1)C(=O)NO. The van der Waals surface area contributed by atoms with Crippen LogP contribution in [0.4, 0.5) is 19.3 Å². The molecule has 2 atom stereocenters. The molecule has 0 aliphatic heterocycles. The highest BCUT2D eigenvalue weighted by molar-refractivity contribution is 5.98. The number of amides is 4. The van der Waals surface area contributed by atoms with Crippen LogP contribution in [0.1, 0.15) is 28.4 Å². The van der Waals surface area contributed by atoms with E-state index < -0.39 is 35.9 Å². The van der Waals surface area contributed by atoms with Gasteiger partial charge in [0.25, 0.3) is 18.2 Å². The smallest absolute Gasteiger partial charge is 0.316 e. The fourth-order valence-electron chi connectivity index (χ4n) is 2.71. The largest absolute Gasteiger partial charge is 0.370 e. The molecule has 9 nitrogen and oxygen atoms in total. The lowest BCUT2D eigenvalue weighted by atomic mass is 9.95. The summed E-state index contributed by atoms with van der Waals surface area (Å²) in [5.74, 6) is 3.72. The highest BCUT2D eigenvalue weighted by Crippen LogP contribution is 2.24. The standard InChI is InChI=1S/C22H22F2N4O5/c1-22(33-2,20(23)24)17(19(30)28-32)27-18(29)15-9-5-13(6-10-15)3-4-14-7-11-16(12-8-14)26-21(25)31/h5-12,17,20,32H,1-2H3,(H,27,29)(H,28,30)(H3,25,26,31)/t17-,22?/m1/s1. The van der Waals surface area contributed by atoms with Gasteiger partial charge >= 0.3 is 6.03 Å². The summed E-state index contributed by atoms with van der Waals surface area (Å²) in [7, 11) is 0.964. The average molecular weight is 460 g/mol. The monoisotopic (exact) mass is 460 g/mol. The van der Waals surface area contributed by atoms with E-state index in [1.54, 1.807) is 24.3 Å². The van der Waals surface area contributed by atoms with Crippen LogP contribution in [-0.4, -0.2) is 48.2 Å². The molecule has 0 fully saturated rings. The lowest BCUT2D eigenvalue weighted by Crippen LogP contribution is -2.62. The number of hydrogen-bond donors (Lipinski definition) is 5. The fourth-order valence-corrected chi connectivity index (χ4v) is 2.71. The van der Waals surface area contributed by atoms with Crippen molar-refractivity contribution in [3.8, 4) is 11.8 Å². The molecule has 0 aromatic heterocycles. The molecule has 0 spiro atoms. The third-order valence-electron chi connectivity index (χ3n) is 4.74. The zero-order chi connectivity index (χ0) is 24.6. The number of ether oxygens (including phenoxy) is 1. The van der Waals surface area contributed by atoms with Gasteiger partial charge in [-0.3, -0.25) is 14.8 Å². The number of nitrogens with two attached hydrogens (primary N) is 1. The predicted molar refractivity (Wildman–Crippen MR) is 115 cm³/mol. The summed E-state index contributed by atoms with van der Waals surface area (Å²) < 4.78 is 31.7. The molecular weight excluding hydrogens is 438 g/mol. The zero-order valence-corrected chi connectivity index (χ0v) is 17.7. The maximum absolute atomic E-state index is 13.5. The van der Waals surface area contributed by atoms with Gasteiger partial charge in [0.2, 0.25) is 0 Å². The number of anilines is 1. The first-order valence-electron chi connectivity index (χ1n) is 9.47. The number of methoxy groups -OCH3 is 1. The molecule has 6 N–H and O–H groups in total. The van der Waals surface area contributed by atoms with Crippen molar-refractivity contribution in [1.82, 2.24) is 10.8 Å². The molecule has 174 valence electrons. The summed E-state index contributed by atoms with van der Waals surface area (Å²) in [5, 5.41) is 13.5. The molecule has 2 aromatic carbocycles. The van der Waals surface area contributed by atoms with Gasteiger partial charge in [-0.15, -0.1) is 0 Å². The average Bonchev–Trinajstić information content (AvgIpc) is 2.80. The Bertz CT molecular complexity index is 1060. The highest BCUT2D eigenvalue weighted by Gasteiger charge is 2.48. The molecule has 0 bridgehead atoms. The van der Waals surface area contributed by atoms with Gasteiger partial charge < -0.3 is 21.1 Å². The Morgan fingerprint density at radius 2 is 1.55 bits per heavy atom. The number of halogens is 2. The Hall–Kier alpha value is -4.01. The van der Waals surface area contributed by atoms with E-state index in [-0.39, 0.29) is 5.56 Å². The van der Waals surface area contributed by atoms with Crippen molar-refractivity contribution >= 4 is 23.5 Å². The number of nitrogens with one attached hydrogen (secondary N) is 3. The molecule has 0 heterocycles. The number of hydrogen-bond acceptors (Lipinski definition) is 5. The maximum atomic E-state index is 13.5. The molecule has 0 saturated heterocycles. The minimum atomic E-state index is -3.14. The van der Waals surface area contributed by atoms with Gasteiger partial charge in [0, 0.05) is 29.5 Å². The number of urea groups is 1. The number of rotatable bonds is 7. The van der Waals surface area contributed by atoms with Gasteiger partial charge in [0.1, 0.15) is 6.04 Å². The minimum absolute atomic E-state index is 0.0749. The molecular formula is C22H22F2N4O5. The van der Waals surface area contributed by atoms with E-state index in [2.05, 4.69) is 22.5 Å². The van der Waals surface area contributed by atoms with E-state index in [4.69, 9.17) is 15.7 Å². The maximum Gasteiger partial charge on any atom is 0.316 e. The number of carbonyl (C=O) groups is 3. The third kappa shape index (κ3) is 6.49. The van der Waals surface area contributed by atoms with Crippen LogP contribution in [0, 0.1) is 11.8 Å². The summed E-state index contributed by atoms with van der Waals surface area (Å²) in [6.07, 6.45) is -3.14. The second-order valence-corrected chi connectivity index (χ2v) is 6.97. The molecule has 0 saturated carbocycles. The van der Waals surface area contributed by atoms with Crippen molar-refractivity contribution in [3.05, 3.63) is 65.2 Å². The van der Waals surface area contributed by atoms with Gasteiger partial charge in [0.05, 0.1) is 0 Å². The number of hydroxylamine groups is 1. The fraction of sp³-hybridized carbons (Fsp3) is 0.227. The Morgan fingerprint density at radius 1 is 1.03 bits per heavy atom. The van der Waals surface area contributed by atoms with Crippen molar-refractivity contribution in [2.75, 3.05) is 12.4 Å². The minimum Gasteiger partial charge on any atom is -0.370 e. The first-order chi connectivity index (χ1) is 15.6. The van der Waals surface area contributed by atoms with E-state index in [1.807, 2.05) is 0 Å². The van der Waals surface area contributed by atoms with Gasteiger partial charge in [-0.05, 0) is 55.5 Å². The number of primary amides is 1. The van der Waals surface area contributed by atoms with E-state index in [1.165, 1.54) is 29.7 Å². The molecule has 0 aliphatic carbocycles. The topological polar surface area (TPSA) is 143 Å². The van der Waals surface area contributed by atoms with Crippen molar-refractivity contribution in [2.24, 2.45) is 5.73 Å². The van der Waals surface area contributed by atoms with Crippen LogP contribution < -0.4 is 21.8 Å². The first-order valence-corrected chi connectivity index (χ1v) is 9.47. The summed E-state index contributed by atoms with van der Waals surface area (Å²) in [5.41, 5.74) is 5.74. The van der Waals surface area contributed by atoms with Crippen LogP contribution in [0.25, 0.3) is 0 Å². The third-order valence-corrected chi connectivity index (χ3v) is 4.74. The summed E-state index contributed by atoms with van der Waals surface area (Å²) >= 11 is 0. The lowest BCUT2D eigenvalue weighted by Gasteiger charge is -2.34. The Morgan fingerprint density at radius 3 is 1.97 bits per heavy atom. The van der Waals surface area contributed by atoms with Gasteiger partial charge in [-0.2, -0.15) is 0 Å². The van der Waals surface area contributed by atoms with E-state index >= 15 is 0 Å². The van der Waals surface area contributed by atoms with Gasteiger partial charge in [-0.25, -0.2) is 19.1 Å². The van der Waals surface area contributed by atoms with Crippen LogP contribution >= 0.6 is 0 Å². The van der Waals surface area contributed by atoms with Crippen molar-refractivity contribution < 1.29 is 33.1 Å². The van der Waals surface area contributed by atoms with E-state index in [9.17, 15) is 23.2 Å².